The Bertz CT molecular complexity index is 349. The Kier molecular flexibility index (Phi) is 3.09. The van der Waals surface area contributed by atoms with Gasteiger partial charge in [0, 0.05) is 12.8 Å². The van der Waals surface area contributed by atoms with Crippen LogP contribution in [0.4, 0.5) is 5.69 Å². The third-order valence-electron chi connectivity index (χ3n) is 2.10. The van der Waals surface area contributed by atoms with Gasteiger partial charge in [-0.1, -0.05) is 0 Å². The second kappa shape index (κ2) is 4.11. The molecule has 1 unspecified atom stereocenters. The van der Waals surface area contributed by atoms with E-state index in [1.54, 1.807) is 19.1 Å². The molecule has 0 saturated carbocycles. The zero-order valence-corrected chi connectivity index (χ0v) is 8.15. The first-order chi connectivity index (χ1) is 6.56. The van der Waals surface area contributed by atoms with E-state index in [0.717, 1.165) is 0 Å². The summed E-state index contributed by atoms with van der Waals surface area (Å²) in [5.74, 6) is -0.969. The van der Waals surface area contributed by atoms with Crippen molar-refractivity contribution < 1.29 is 14.6 Å². The molecule has 0 fully saturated rings. The van der Waals surface area contributed by atoms with Gasteiger partial charge in [-0.15, -0.1) is 0 Å². The van der Waals surface area contributed by atoms with Crippen molar-refractivity contribution in [3.63, 3.8) is 0 Å². The Morgan fingerprint density at radius 1 is 1.57 bits per heavy atom. The molecule has 0 bridgehead atoms. The van der Waals surface area contributed by atoms with Gasteiger partial charge in [0.2, 0.25) is 0 Å². The summed E-state index contributed by atoms with van der Waals surface area (Å²) in [6.45, 7) is 1.78. The lowest BCUT2D eigenvalue weighted by Crippen LogP contribution is -2.07. The largest absolute Gasteiger partial charge is 0.478 e. The molecule has 0 heterocycles. The minimum atomic E-state index is -0.969. The summed E-state index contributed by atoms with van der Waals surface area (Å²) in [5.41, 5.74) is 6.94. The number of hydrogen-bond donors (Lipinski definition) is 2. The van der Waals surface area contributed by atoms with Crippen LogP contribution in [0.5, 0.6) is 0 Å². The molecule has 0 radical (unpaired) electrons. The average Bonchev–Trinajstić information content (AvgIpc) is 2.16. The van der Waals surface area contributed by atoms with Gasteiger partial charge in [-0.05, 0) is 30.7 Å². The van der Waals surface area contributed by atoms with E-state index in [0.29, 0.717) is 11.3 Å². The summed E-state index contributed by atoms with van der Waals surface area (Å²) in [6.07, 6.45) is -0.274. The molecule has 76 valence electrons. The molecule has 4 heteroatoms. The van der Waals surface area contributed by atoms with Crippen LogP contribution in [-0.4, -0.2) is 18.2 Å². The first-order valence-corrected chi connectivity index (χ1v) is 4.21. The van der Waals surface area contributed by atoms with E-state index in [4.69, 9.17) is 15.6 Å². The minimum Gasteiger partial charge on any atom is -0.478 e. The minimum absolute atomic E-state index is 0.230. The van der Waals surface area contributed by atoms with Crippen molar-refractivity contribution in [2.75, 3.05) is 12.8 Å². The Morgan fingerprint density at radius 2 is 2.21 bits per heavy atom. The molecule has 0 amide bonds. The van der Waals surface area contributed by atoms with Gasteiger partial charge in [0.05, 0.1) is 11.7 Å². The number of hydrogen-bond acceptors (Lipinski definition) is 3. The number of carboxylic acid groups (broad SMARTS) is 1. The molecular weight excluding hydrogens is 182 g/mol. The first kappa shape index (κ1) is 10.5. The highest BCUT2D eigenvalue weighted by atomic mass is 16.5. The number of ether oxygens (including phenoxy) is 1. The molecule has 0 aliphatic rings. The number of rotatable bonds is 3. The Labute approximate surface area is 82.3 Å². The Balaban J connectivity index is 3.22. The lowest BCUT2D eigenvalue weighted by molar-refractivity contribution is 0.0683. The number of carbonyl (C=O) groups is 1. The molecule has 3 N–H and O–H groups in total. The average molecular weight is 195 g/mol. The van der Waals surface area contributed by atoms with Gasteiger partial charge in [-0.2, -0.15) is 0 Å². The molecule has 4 nitrogen and oxygen atoms in total. The van der Waals surface area contributed by atoms with E-state index in [2.05, 4.69) is 0 Å². The quantitative estimate of drug-likeness (QED) is 0.719. The van der Waals surface area contributed by atoms with Crippen LogP contribution in [-0.2, 0) is 4.74 Å². The van der Waals surface area contributed by atoms with Crippen molar-refractivity contribution in [3.8, 4) is 0 Å². The smallest absolute Gasteiger partial charge is 0.336 e. The summed E-state index contributed by atoms with van der Waals surface area (Å²) >= 11 is 0. The Hall–Kier alpha value is -1.55. The van der Waals surface area contributed by atoms with Gasteiger partial charge in [0.25, 0.3) is 0 Å². The van der Waals surface area contributed by atoms with E-state index in [1.807, 2.05) is 0 Å². The first-order valence-electron chi connectivity index (χ1n) is 4.21. The monoisotopic (exact) mass is 195 g/mol. The van der Waals surface area contributed by atoms with E-state index < -0.39 is 5.97 Å². The predicted molar refractivity (Wildman–Crippen MR) is 53.2 cm³/mol. The van der Waals surface area contributed by atoms with E-state index in [9.17, 15) is 4.79 Å². The van der Waals surface area contributed by atoms with Crippen molar-refractivity contribution in [1.82, 2.24) is 0 Å². The maximum Gasteiger partial charge on any atom is 0.336 e. The lowest BCUT2D eigenvalue weighted by atomic mass is 10.0. The normalized spacial score (nSPS) is 12.4. The number of methoxy groups -OCH3 is 1. The third-order valence-corrected chi connectivity index (χ3v) is 2.10. The Morgan fingerprint density at radius 3 is 2.71 bits per heavy atom. The van der Waals surface area contributed by atoms with E-state index >= 15 is 0 Å². The van der Waals surface area contributed by atoms with Gasteiger partial charge < -0.3 is 15.6 Å². The van der Waals surface area contributed by atoms with Crippen LogP contribution >= 0.6 is 0 Å². The molecule has 1 aromatic carbocycles. The fourth-order valence-corrected chi connectivity index (χ4v) is 1.24. The summed E-state index contributed by atoms with van der Waals surface area (Å²) in [4.78, 5) is 10.9. The predicted octanol–water partition coefficient (Wildman–Crippen LogP) is 1.67. The van der Waals surface area contributed by atoms with Gasteiger partial charge in [0.15, 0.2) is 0 Å². The van der Waals surface area contributed by atoms with Crippen LogP contribution in [0.1, 0.15) is 28.9 Å². The highest BCUT2D eigenvalue weighted by molar-refractivity contribution is 5.90. The van der Waals surface area contributed by atoms with E-state index in [1.165, 1.54) is 13.2 Å². The summed E-state index contributed by atoms with van der Waals surface area (Å²) in [5, 5.41) is 8.90. The van der Waals surface area contributed by atoms with Crippen molar-refractivity contribution in [2.45, 2.75) is 13.0 Å². The van der Waals surface area contributed by atoms with Crippen LogP contribution in [0.3, 0.4) is 0 Å². The van der Waals surface area contributed by atoms with Gasteiger partial charge in [-0.3, -0.25) is 0 Å². The number of benzene rings is 1. The zero-order valence-electron chi connectivity index (χ0n) is 8.15. The second-order valence-corrected chi connectivity index (χ2v) is 3.03. The molecule has 0 aliphatic heterocycles. The van der Waals surface area contributed by atoms with Crippen LogP contribution < -0.4 is 5.73 Å². The molecule has 1 rings (SSSR count). The van der Waals surface area contributed by atoms with Gasteiger partial charge in [-0.25, -0.2) is 4.79 Å². The number of anilines is 1. The number of nitrogen functional groups attached to an aromatic ring is 1. The van der Waals surface area contributed by atoms with Crippen LogP contribution in [0.15, 0.2) is 18.2 Å². The number of carboxylic acids is 1. The summed E-state index contributed by atoms with van der Waals surface area (Å²) in [6, 6.07) is 4.68. The number of nitrogens with two attached hydrogens (primary N) is 1. The van der Waals surface area contributed by atoms with Gasteiger partial charge >= 0.3 is 5.97 Å². The molecule has 0 aliphatic carbocycles. The summed E-state index contributed by atoms with van der Waals surface area (Å²) in [7, 11) is 1.53. The van der Waals surface area contributed by atoms with Crippen LogP contribution in [0.2, 0.25) is 0 Å². The van der Waals surface area contributed by atoms with Crippen LogP contribution in [0, 0.1) is 0 Å². The summed E-state index contributed by atoms with van der Waals surface area (Å²) < 4.78 is 5.06. The third kappa shape index (κ3) is 2.03. The lowest BCUT2D eigenvalue weighted by Gasteiger charge is -2.13. The second-order valence-electron chi connectivity index (χ2n) is 3.03. The molecule has 14 heavy (non-hydrogen) atoms. The van der Waals surface area contributed by atoms with Crippen molar-refractivity contribution in [1.29, 1.82) is 0 Å². The highest BCUT2D eigenvalue weighted by Crippen LogP contribution is 2.22. The highest BCUT2D eigenvalue weighted by Gasteiger charge is 2.14. The van der Waals surface area contributed by atoms with E-state index in [-0.39, 0.29) is 11.7 Å². The molecule has 0 saturated heterocycles. The molecule has 1 aromatic rings. The standard InChI is InChI=1S/C10H13NO3/c1-6(14-2)9-5-7(11)3-4-8(9)10(12)13/h3-6H,11H2,1-2H3,(H,12,13). The fourth-order valence-electron chi connectivity index (χ4n) is 1.24. The molecule has 0 aromatic heterocycles. The maximum atomic E-state index is 10.9. The fraction of sp³-hybridized carbons (Fsp3) is 0.300. The van der Waals surface area contributed by atoms with Crippen molar-refractivity contribution in [3.05, 3.63) is 29.3 Å². The van der Waals surface area contributed by atoms with Crippen molar-refractivity contribution >= 4 is 11.7 Å². The van der Waals surface area contributed by atoms with Crippen molar-refractivity contribution in [2.24, 2.45) is 0 Å². The molecular formula is C10H13NO3. The maximum absolute atomic E-state index is 10.9. The SMILES string of the molecule is COC(C)c1cc(N)ccc1C(=O)O. The topological polar surface area (TPSA) is 72.5 Å². The molecule has 1 atom stereocenters. The van der Waals surface area contributed by atoms with Crippen LogP contribution in [0.25, 0.3) is 0 Å². The molecule has 0 spiro atoms. The van der Waals surface area contributed by atoms with Gasteiger partial charge in [0.1, 0.15) is 0 Å². The zero-order chi connectivity index (χ0) is 10.7. The number of aromatic carboxylic acids is 1.